The molecule has 8 heteroatoms. The van der Waals surface area contributed by atoms with Crippen molar-refractivity contribution in [3.8, 4) is 0 Å². The Bertz CT molecular complexity index is 980. The van der Waals surface area contributed by atoms with E-state index in [4.69, 9.17) is 4.74 Å². The van der Waals surface area contributed by atoms with Crippen LogP contribution < -0.4 is 15.5 Å². The van der Waals surface area contributed by atoms with Crippen LogP contribution in [0.5, 0.6) is 0 Å². The van der Waals surface area contributed by atoms with Crippen molar-refractivity contribution in [2.45, 2.75) is 53.9 Å². The van der Waals surface area contributed by atoms with Crippen molar-refractivity contribution in [2.75, 3.05) is 35.2 Å². The van der Waals surface area contributed by atoms with Crippen LogP contribution in [0.15, 0.2) is 30.6 Å². The number of benzene rings is 1. The zero-order valence-corrected chi connectivity index (χ0v) is 21.1. The minimum atomic E-state index is -0.363. The molecule has 0 saturated heterocycles. The van der Waals surface area contributed by atoms with E-state index in [0.29, 0.717) is 30.0 Å². The van der Waals surface area contributed by atoms with E-state index in [9.17, 15) is 9.59 Å². The first kappa shape index (κ1) is 25.5. The summed E-state index contributed by atoms with van der Waals surface area (Å²) in [5, 5.41) is 5.84. The van der Waals surface area contributed by atoms with Crippen LogP contribution >= 0.6 is 0 Å². The van der Waals surface area contributed by atoms with Crippen LogP contribution in [0.4, 0.5) is 21.9 Å². The van der Waals surface area contributed by atoms with Crippen molar-refractivity contribution >= 4 is 29.1 Å². The Morgan fingerprint density at radius 2 is 1.74 bits per heavy atom. The van der Waals surface area contributed by atoms with Gasteiger partial charge in [-0.25, -0.2) is 14.8 Å². The van der Waals surface area contributed by atoms with Crippen LogP contribution in [0, 0.1) is 24.7 Å². The number of anilines is 3. The number of urea groups is 1. The first-order valence-corrected chi connectivity index (χ1v) is 12.1. The van der Waals surface area contributed by atoms with Gasteiger partial charge in [0.25, 0.3) is 0 Å². The van der Waals surface area contributed by atoms with E-state index >= 15 is 0 Å². The smallest absolute Gasteiger partial charge is 0.323 e. The van der Waals surface area contributed by atoms with Crippen LogP contribution in [-0.4, -0.2) is 41.7 Å². The normalized spacial score (nSPS) is 16.9. The fraction of sp³-hybridized carbons (Fsp3) is 0.538. The van der Waals surface area contributed by atoms with Crippen LogP contribution in [-0.2, 0) is 9.53 Å². The molecule has 0 spiro atoms. The zero-order valence-electron chi connectivity index (χ0n) is 21.1. The molecule has 0 aliphatic heterocycles. The van der Waals surface area contributed by atoms with Gasteiger partial charge in [-0.05, 0) is 55.7 Å². The molecule has 2 atom stereocenters. The third-order valence-electron chi connectivity index (χ3n) is 5.63. The molecule has 8 nitrogen and oxygen atoms in total. The van der Waals surface area contributed by atoms with Gasteiger partial charge in [0.15, 0.2) is 0 Å². The topological polar surface area (TPSA) is 96.5 Å². The molecule has 3 rings (SSSR count). The maximum atomic E-state index is 12.9. The number of hydrogen-bond acceptors (Lipinski definition) is 6. The SMILES string of the molecule is CCOC(=O)[C@H]1C[C@H]1c1ccc(N(CC(C)C)CC(C)C)c(NC(=O)Nc2cnc(C)nc2)c1. The van der Waals surface area contributed by atoms with Gasteiger partial charge in [0, 0.05) is 13.1 Å². The predicted octanol–water partition coefficient (Wildman–Crippen LogP) is 5.21. The van der Waals surface area contributed by atoms with E-state index in [1.165, 1.54) is 0 Å². The van der Waals surface area contributed by atoms with Gasteiger partial charge in [-0.1, -0.05) is 33.8 Å². The Labute approximate surface area is 202 Å². The molecule has 1 aliphatic rings. The summed E-state index contributed by atoms with van der Waals surface area (Å²) in [6.07, 6.45) is 3.93. The molecule has 1 heterocycles. The number of aryl methyl sites for hydroxylation is 1. The van der Waals surface area contributed by atoms with Crippen molar-refractivity contribution in [3.63, 3.8) is 0 Å². The van der Waals surface area contributed by atoms with Gasteiger partial charge in [0.05, 0.1) is 42.0 Å². The maximum absolute atomic E-state index is 12.9. The van der Waals surface area contributed by atoms with Gasteiger partial charge in [-0.2, -0.15) is 0 Å². The van der Waals surface area contributed by atoms with Gasteiger partial charge >= 0.3 is 12.0 Å². The van der Waals surface area contributed by atoms with Crippen molar-refractivity contribution in [2.24, 2.45) is 17.8 Å². The van der Waals surface area contributed by atoms with Gasteiger partial charge in [-0.3, -0.25) is 4.79 Å². The highest BCUT2D eigenvalue weighted by atomic mass is 16.5. The van der Waals surface area contributed by atoms with Crippen molar-refractivity contribution in [3.05, 3.63) is 42.0 Å². The highest BCUT2D eigenvalue weighted by Gasteiger charge is 2.45. The first-order chi connectivity index (χ1) is 16.2. The number of ether oxygens (including phenoxy) is 1. The molecule has 34 heavy (non-hydrogen) atoms. The van der Waals surface area contributed by atoms with Crippen molar-refractivity contribution < 1.29 is 14.3 Å². The minimum Gasteiger partial charge on any atom is -0.466 e. The molecular formula is C26H37N5O3. The standard InChI is InChI=1S/C26H37N5O3/c1-7-34-25(32)22-11-21(22)19-8-9-24(31(14-16(2)3)15-17(4)5)23(10-19)30-26(33)29-20-12-27-18(6)28-13-20/h8-10,12-13,16-17,21-22H,7,11,14-15H2,1-6H3,(H2,29,30,33)/t21-,22-/m0/s1. The number of esters is 1. The molecule has 0 radical (unpaired) electrons. The lowest BCUT2D eigenvalue weighted by Gasteiger charge is -2.30. The van der Waals surface area contributed by atoms with Crippen LogP contribution in [0.2, 0.25) is 0 Å². The zero-order chi connectivity index (χ0) is 24.8. The van der Waals surface area contributed by atoms with Gasteiger partial charge in [-0.15, -0.1) is 0 Å². The average Bonchev–Trinajstić information content (AvgIpc) is 3.55. The van der Waals surface area contributed by atoms with Crippen LogP contribution in [0.3, 0.4) is 0 Å². The van der Waals surface area contributed by atoms with Gasteiger partial charge in [0.2, 0.25) is 0 Å². The molecule has 0 bridgehead atoms. The number of amides is 2. The summed E-state index contributed by atoms with van der Waals surface area (Å²) < 4.78 is 5.20. The summed E-state index contributed by atoms with van der Waals surface area (Å²) in [4.78, 5) is 35.6. The van der Waals surface area contributed by atoms with E-state index in [-0.39, 0.29) is 23.8 Å². The maximum Gasteiger partial charge on any atom is 0.323 e. The van der Waals surface area contributed by atoms with E-state index in [2.05, 4.69) is 65.3 Å². The lowest BCUT2D eigenvalue weighted by Crippen LogP contribution is -2.32. The quantitative estimate of drug-likeness (QED) is 0.466. The van der Waals surface area contributed by atoms with E-state index in [1.54, 1.807) is 19.3 Å². The number of nitrogens with one attached hydrogen (secondary N) is 2. The average molecular weight is 468 g/mol. The van der Waals surface area contributed by atoms with Gasteiger partial charge in [0.1, 0.15) is 5.82 Å². The Morgan fingerprint density at radius 1 is 1.09 bits per heavy atom. The molecule has 1 fully saturated rings. The fourth-order valence-electron chi connectivity index (χ4n) is 4.13. The Kier molecular flexibility index (Phi) is 8.47. The van der Waals surface area contributed by atoms with Crippen LogP contribution in [0.25, 0.3) is 0 Å². The first-order valence-electron chi connectivity index (χ1n) is 12.1. The van der Waals surface area contributed by atoms with Gasteiger partial charge < -0.3 is 20.3 Å². The second-order valence-electron chi connectivity index (χ2n) is 9.77. The van der Waals surface area contributed by atoms with E-state index in [1.807, 2.05) is 13.0 Å². The summed E-state index contributed by atoms with van der Waals surface area (Å²) >= 11 is 0. The molecule has 1 aromatic heterocycles. The second-order valence-corrected chi connectivity index (χ2v) is 9.77. The minimum absolute atomic E-state index is 0.111. The summed E-state index contributed by atoms with van der Waals surface area (Å²) in [6.45, 7) is 14.5. The molecule has 1 aliphatic carbocycles. The number of carbonyl (C=O) groups excluding carboxylic acids is 2. The molecule has 2 amide bonds. The molecule has 1 saturated carbocycles. The summed E-state index contributed by atoms with van der Waals surface area (Å²) in [7, 11) is 0. The Balaban J connectivity index is 1.87. The van der Waals surface area contributed by atoms with Crippen LogP contribution in [0.1, 0.15) is 58.3 Å². The highest BCUT2D eigenvalue weighted by Crippen LogP contribution is 2.49. The third-order valence-corrected chi connectivity index (χ3v) is 5.63. The molecule has 184 valence electrons. The number of nitrogens with zero attached hydrogens (tertiary/aromatic N) is 3. The molecule has 1 aromatic carbocycles. The third kappa shape index (κ3) is 6.92. The molecule has 2 N–H and O–H groups in total. The number of hydrogen-bond donors (Lipinski definition) is 2. The Morgan fingerprint density at radius 3 is 2.32 bits per heavy atom. The summed E-state index contributed by atoms with van der Waals surface area (Å²) in [5.74, 6) is 1.41. The fourth-order valence-corrected chi connectivity index (χ4v) is 4.13. The summed E-state index contributed by atoms with van der Waals surface area (Å²) in [5.41, 5.74) is 3.24. The number of carbonyl (C=O) groups is 2. The lowest BCUT2D eigenvalue weighted by molar-refractivity contribution is -0.144. The number of rotatable bonds is 10. The number of aromatic nitrogens is 2. The lowest BCUT2D eigenvalue weighted by atomic mass is 10.0. The molecule has 2 aromatic rings. The van der Waals surface area contributed by atoms with E-state index in [0.717, 1.165) is 36.4 Å². The largest absolute Gasteiger partial charge is 0.466 e. The molecule has 0 unspecified atom stereocenters. The summed E-state index contributed by atoms with van der Waals surface area (Å²) in [6, 6.07) is 5.77. The van der Waals surface area contributed by atoms with Crippen molar-refractivity contribution in [1.29, 1.82) is 0 Å². The van der Waals surface area contributed by atoms with Crippen molar-refractivity contribution in [1.82, 2.24) is 9.97 Å². The monoisotopic (exact) mass is 467 g/mol. The Hall–Kier alpha value is -3.16. The highest BCUT2D eigenvalue weighted by molar-refractivity contribution is 6.01. The van der Waals surface area contributed by atoms with E-state index < -0.39 is 0 Å². The molecular weight excluding hydrogens is 430 g/mol. The predicted molar refractivity (Wildman–Crippen MR) is 135 cm³/mol. The second kappa shape index (κ2) is 11.3.